The number of amides is 5. The zero-order valence-electron chi connectivity index (χ0n) is 42.8. The summed E-state index contributed by atoms with van der Waals surface area (Å²) in [4.78, 5) is 87.2. The van der Waals surface area contributed by atoms with E-state index in [0.717, 1.165) is 146 Å². The van der Waals surface area contributed by atoms with E-state index in [2.05, 4.69) is 9.97 Å². The Balaban J connectivity index is 0.000000151. The zero-order valence-corrected chi connectivity index (χ0v) is 42.8. The number of nitrogens with zero attached hydrogens (tertiary/aromatic N) is 8. The molecule has 0 saturated carbocycles. The van der Waals surface area contributed by atoms with E-state index in [-0.39, 0.29) is 35.2 Å². The molecule has 0 radical (unpaired) electrons. The number of pyridine rings is 2. The lowest BCUT2D eigenvalue weighted by atomic mass is 10.1. The summed E-state index contributed by atoms with van der Waals surface area (Å²) >= 11 is 0. The van der Waals surface area contributed by atoms with Crippen LogP contribution in [0.3, 0.4) is 0 Å². The summed E-state index contributed by atoms with van der Waals surface area (Å²) in [5.74, 6) is 0.560. The average Bonchev–Trinajstić information content (AvgIpc) is 3.49. The SMILES string of the molecule is Nc1ccc(C(=O)N2CCCCC2)cc1.O=C(c1ccc([N+](=O)[O-])cc1)N1CCCCC1.O=C(c1ccccc1)N1CCCCC1.O=C(c1cccnc1)N1CCCCC1.O=C(c1ccncc1)N1CCCCC1. The van der Waals surface area contributed by atoms with Crippen molar-refractivity contribution in [2.75, 3.05) is 71.2 Å². The van der Waals surface area contributed by atoms with E-state index in [9.17, 15) is 34.1 Å². The molecule has 7 heterocycles. The number of non-ortho nitro benzene ring substituents is 1. The maximum absolute atomic E-state index is 12.0. The summed E-state index contributed by atoms with van der Waals surface area (Å²) in [5.41, 5.74) is 9.83. The van der Waals surface area contributed by atoms with Crippen molar-refractivity contribution in [3.63, 3.8) is 0 Å². The van der Waals surface area contributed by atoms with Gasteiger partial charge in [-0.2, -0.15) is 0 Å². The fourth-order valence-corrected chi connectivity index (χ4v) is 9.31. The van der Waals surface area contributed by atoms with Crippen molar-refractivity contribution in [2.45, 2.75) is 96.3 Å². The molecule has 16 nitrogen and oxygen atoms in total. The van der Waals surface area contributed by atoms with Crippen LogP contribution in [0.25, 0.3) is 0 Å². The smallest absolute Gasteiger partial charge is 0.269 e. The lowest BCUT2D eigenvalue weighted by Gasteiger charge is -2.26. The topological polar surface area (TPSA) is 196 Å². The van der Waals surface area contributed by atoms with Gasteiger partial charge in [0, 0.05) is 130 Å². The summed E-state index contributed by atoms with van der Waals surface area (Å²) in [6, 6.07) is 29.6. The predicted octanol–water partition coefficient (Wildman–Crippen LogP) is 9.84. The lowest BCUT2D eigenvalue weighted by molar-refractivity contribution is -0.384. The molecular formula is C58H73N9O7. The number of nitro groups is 1. The zero-order chi connectivity index (χ0) is 52.3. The summed E-state index contributed by atoms with van der Waals surface area (Å²) in [6.45, 7) is 8.81. The third-order valence-electron chi connectivity index (χ3n) is 13.6. The molecule has 0 bridgehead atoms. The number of hydrogen-bond donors (Lipinski definition) is 1. The molecule has 392 valence electrons. The number of nitro benzene ring substituents is 1. The summed E-state index contributed by atoms with van der Waals surface area (Å²) in [5, 5.41) is 10.5. The number of anilines is 1. The Hall–Kier alpha value is -7.49. The molecule has 3 aromatic carbocycles. The third-order valence-corrected chi connectivity index (χ3v) is 13.6. The highest BCUT2D eigenvalue weighted by Crippen LogP contribution is 2.19. The Labute approximate surface area is 436 Å². The van der Waals surface area contributed by atoms with Gasteiger partial charge in [-0.05, 0) is 169 Å². The number of likely N-dealkylation sites (tertiary alicyclic amines) is 5. The normalized spacial score (nSPS) is 16.4. The van der Waals surface area contributed by atoms with Crippen LogP contribution in [0.5, 0.6) is 0 Å². The molecule has 5 fully saturated rings. The average molecular weight is 1010 g/mol. The number of nitrogen functional groups attached to an aromatic ring is 1. The molecule has 0 unspecified atom stereocenters. The predicted molar refractivity (Wildman–Crippen MR) is 288 cm³/mol. The van der Waals surface area contributed by atoms with Crippen molar-refractivity contribution >= 4 is 40.9 Å². The van der Waals surface area contributed by atoms with E-state index >= 15 is 0 Å². The number of piperidine rings is 5. The molecule has 16 heteroatoms. The highest BCUT2D eigenvalue weighted by atomic mass is 16.6. The molecule has 10 rings (SSSR count). The molecule has 5 aliphatic rings. The van der Waals surface area contributed by atoms with Crippen LogP contribution >= 0.6 is 0 Å². The molecule has 74 heavy (non-hydrogen) atoms. The van der Waals surface area contributed by atoms with Crippen LogP contribution in [-0.2, 0) is 0 Å². The first kappa shape index (κ1) is 55.8. The molecule has 5 amide bonds. The molecule has 2 N–H and O–H groups in total. The van der Waals surface area contributed by atoms with Crippen molar-refractivity contribution in [1.82, 2.24) is 34.5 Å². The molecule has 5 aromatic rings. The van der Waals surface area contributed by atoms with E-state index in [4.69, 9.17) is 5.73 Å². The number of carbonyl (C=O) groups excluding carboxylic acids is 5. The van der Waals surface area contributed by atoms with Crippen molar-refractivity contribution in [3.05, 3.63) is 166 Å². The minimum Gasteiger partial charge on any atom is -0.399 e. The van der Waals surface area contributed by atoms with Gasteiger partial charge in [0.05, 0.1) is 10.5 Å². The first-order chi connectivity index (χ1) is 36.1. The fourth-order valence-electron chi connectivity index (χ4n) is 9.31. The van der Waals surface area contributed by atoms with Gasteiger partial charge in [0.25, 0.3) is 35.2 Å². The lowest BCUT2D eigenvalue weighted by Crippen LogP contribution is -2.35. The number of aromatic nitrogens is 2. The van der Waals surface area contributed by atoms with Crippen LogP contribution in [0.4, 0.5) is 11.4 Å². The quantitative estimate of drug-likeness (QED) is 0.0971. The summed E-state index contributed by atoms with van der Waals surface area (Å²) < 4.78 is 0. The van der Waals surface area contributed by atoms with Gasteiger partial charge in [0.15, 0.2) is 0 Å². The molecule has 0 spiro atoms. The van der Waals surface area contributed by atoms with Crippen molar-refractivity contribution in [1.29, 1.82) is 0 Å². The minimum absolute atomic E-state index is 0.0141. The summed E-state index contributed by atoms with van der Waals surface area (Å²) in [7, 11) is 0. The van der Waals surface area contributed by atoms with Gasteiger partial charge in [0.2, 0.25) is 0 Å². The number of carbonyl (C=O) groups is 5. The van der Waals surface area contributed by atoms with Gasteiger partial charge in [0.1, 0.15) is 0 Å². The standard InChI is InChI=1S/C12H14N2O3.C12H16N2O.C12H15NO.2C11H14N2O/c15-12(13-8-2-1-3-9-13)10-4-6-11(7-5-10)14(16)17;13-11-6-4-10(5-7-11)12(15)14-8-2-1-3-9-14;14-12(11-7-3-1-4-8-11)13-9-5-2-6-10-13;14-11(10-4-6-12-7-5-10)13-8-2-1-3-9-13;14-11(10-5-4-6-12-9-10)13-7-2-1-3-8-13/h4-7H,1-3,8-9H2;4-7H,1-3,8-9,13H2;1,3-4,7-8H,2,5-6,9-10H2;4-7H,1-3,8-9H2;4-6,9H,1-3,7-8H2. The van der Waals surface area contributed by atoms with Crippen LogP contribution in [-0.4, -0.2) is 134 Å². The van der Waals surface area contributed by atoms with E-state index in [1.807, 2.05) is 60.9 Å². The van der Waals surface area contributed by atoms with E-state index < -0.39 is 4.92 Å². The van der Waals surface area contributed by atoms with E-state index in [0.29, 0.717) is 16.8 Å². The Morgan fingerprint density at radius 2 is 0.676 bits per heavy atom. The Bertz CT molecular complexity index is 2330. The number of nitrogens with two attached hydrogens (primary N) is 1. The van der Waals surface area contributed by atoms with Crippen LogP contribution in [0.1, 0.15) is 148 Å². The first-order valence-corrected chi connectivity index (χ1v) is 26.5. The monoisotopic (exact) mass is 1010 g/mol. The van der Waals surface area contributed by atoms with Crippen LogP contribution in [0.2, 0.25) is 0 Å². The van der Waals surface area contributed by atoms with Gasteiger partial charge < -0.3 is 30.2 Å². The summed E-state index contributed by atoms with van der Waals surface area (Å²) in [6.07, 6.45) is 24.0. The second-order valence-corrected chi connectivity index (χ2v) is 19.0. The molecule has 5 saturated heterocycles. The second kappa shape index (κ2) is 30.5. The maximum atomic E-state index is 12.0. The fraction of sp³-hybridized carbons (Fsp3) is 0.431. The minimum atomic E-state index is -0.463. The maximum Gasteiger partial charge on any atom is 0.269 e. The number of hydrogen-bond acceptors (Lipinski definition) is 10. The highest BCUT2D eigenvalue weighted by Gasteiger charge is 2.22. The van der Waals surface area contributed by atoms with E-state index in [1.54, 1.807) is 67.3 Å². The van der Waals surface area contributed by atoms with Crippen LogP contribution in [0, 0.1) is 10.1 Å². The van der Waals surface area contributed by atoms with Crippen molar-refractivity contribution < 1.29 is 28.9 Å². The van der Waals surface area contributed by atoms with Crippen LogP contribution < -0.4 is 5.73 Å². The Kier molecular flexibility index (Phi) is 23.0. The molecule has 2 aromatic heterocycles. The van der Waals surface area contributed by atoms with Gasteiger partial charge in [-0.25, -0.2) is 0 Å². The Morgan fingerprint density at radius 1 is 0.365 bits per heavy atom. The largest absolute Gasteiger partial charge is 0.399 e. The molecule has 0 aliphatic carbocycles. The third kappa shape index (κ3) is 17.9. The van der Waals surface area contributed by atoms with Gasteiger partial charge in [-0.15, -0.1) is 0 Å². The van der Waals surface area contributed by atoms with Gasteiger partial charge in [-0.3, -0.25) is 44.1 Å². The molecular weight excluding hydrogens is 935 g/mol. The molecule has 5 aliphatic heterocycles. The second-order valence-electron chi connectivity index (χ2n) is 19.0. The van der Waals surface area contributed by atoms with Crippen LogP contribution in [0.15, 0.2) is 128 Å². The molecule has 0 atom stereocenters. The first-order valence-electron chi connectivity index (χ1n) is 26.5. The number of rotatable bonds is 6. The van der Waals surface area contributed by atoms with Gasteiger partial charge in [-0.1, -0.05) is 18.2 Å². The highest BCUT2D eigenvalue weighted by molar-refractivity contribution is 5.96. The van der Waals surface area contributed by atoms with Gasteiger partial charge >= 0.3 is 0 Å². The van der Waals surface area contributed by atoms with Crippen molar-refractivity contribution in [2.24, 2.45) is 0 Å². The Morgan fingerprint density at radius 3 is 1.01 bits per heavy atom. The van der Waals surface area contributed by atoms with Crippen molar-refractivity contribution in [3.8, 4) is 0 Å². The number of benzene rings is 3. The van der Waals surface area contributed by atoms with E-state index in [1.165, 1.54) is 56.4 Å².